The van der Waals surface area contributed by atoms with Crippen molar-refractivity contribution >= 4 is 46.3 Å². The molecule has 4 aromatic rings. The van der Waals surface area contributed by atoms with Gasteiger partial charge in [-0.05, 0) is 42.5 Å². The van der Waals surface area contributed by atoms with E-state index in [9.17, 15) is 4.79 Å². The molecule has 0 radical (unpaired) electrons. The van der Waals surface area contributed by atoms with E-state index < -0.39 is 0 Å². The van der Waals surface area contributed by atoms with Gasteiger partial charge in [-0.25, -0.2) is 9.97 Å². The van der Waals surface area contributed by atoms with Crippen molar-refractivity contribution in [2.45, 2.75) is 0 Å². The molecular formula is C23H16Cl2N4O. The number of aromatic nitrogens is 2. The predicted molar refractivity (Wildman–Crippen MR) is 122 cm³/mol. The summed E-state index contributed by atoms with van der Waals surface area (Å²) in [6, 6.07) is 23.8. The SMILES string of the molecule is O=C(Nc1ccc(Nc2cc(-c3ccccc3)ncn2)cc1)c1ccc(Cl)cc1Cl. The van der Waals surface area contributed by atoms with Gasteiger partial charge in [-0.15, -0.1) is 0 Å². The third-order valence-electron chi connectivity index (χ3n) is 4.33. The van der Waals surface area contributed by atoms with Crippen LogP contribution in [0, 0.1) is 0 Å². The zero-order chi connectivity index (χ0) is 20.9. The van der Waals surface area contributed by atoms with Crippen LogP contribution in [0.1, 0.15) is 10.4 Å². The summed E-state index contributed by atoms with van der Waals surface area (Å²) < 4.78 is 0. The quantitative estimate of drug-likeness (QED) is 0.378. The molecule has 0 atom stereocenters. The molecule has 0 aliphatic rings. The molecule has 0 saturated carbocycles. The normalized spacial score (nSPS) is 10.5. The first kappa shape index (κ1) is 19.9. The van der Waals surface area contributed by atoms with Gasteiger partial charge < -0.3 is 10.6 Å². The van der Waals surface area contributed by atoms with Crippen molar-refractivity contribution in [3.8, 4) is 11.3 Å². The van der Waals surface area contributed by atoms with Crippen LogP contribution in [0.2, 0.25) is 10.0 Å². The van der Waals surface area contributed by atoms with Gasteiger partial charge in [0.25, 0.3) is 5.91 Å². The van der Waals surface area contributed by atoms with Crippen LogP contribution in [0.3, 0.4) is 0 Å². The predicted octanol–water partition coefficient (Wildman–Crippen LogP) is 6.45. The van der Waals surface area contributed by atoms with Gasteiger partial charge in [0.2, 0.25) is 0 Å². The molecule has 1 amide bonds. The average Bonchev–Trinajstić information content (AvgIpc) is 2.76. The number of hydrogen-bond donors (Lipinski definition) is 2. The number of anilines is 3. The highest BCUT2D eigenvalue weighted by Crippen LogP contribution is 2.24. The molecule has 1 heterocycles. The number of halogens is 2. The number of amides is 1. The van der Waals surface area contributed by atoms with E-state index in [4.69, 9.17) is 23.2 Å². The first-order chi connectivity index (χ1) is 14.6. The number of benzene rings is 3. The Balaban J connectivity index is 1.45. The Bertz CT molecular complexity index is 1180. The van der Waals surface area contributed by atoms with Gasteiger partial charge in [0.1, 0.15) is 12.1 Å². The van der Waals surface area contributed by atoms with Crippen molar-refractivity contribution in [1.82, 2.24) is 9.97 Å². The lowest BCUT2D eigenvalue weighted by molar-refractivity contribution is 0.102. The summed E-state index contributed by atoms with van der Waals surface area (Å²) in [6.45, 7) is 0. The molecule has 0 fully saturated rings. The first-order valence-electron chi connectivity index (χ1n) is 9.09. The van der Waals surface area contributed by atoms with Crippen molar-refractivity contribution < 1.29 is 4.79 Å². The molecular weight excluding hydrogens is 419 g/mol. The Morgan fingerprint density at radius 1 is 0.800 bits per heavy atom. The van der Waals surface area contributed by atoms with Gasteiger partial charge >= 0.3 is 0 Å². The fourth-order valence-electron chi connectivity index (χ4n) is 2.85. The third kappa shape index (κ3) is 4.76. The van der Waals surface area contributed by atoms with E-state index in [-0.39, 0.29) is 5.91 Å². The van der Waals surface area contributed by atoms with Crippen LogP contribution in [0.5, 0.6) is 0 Å². The Morgan fingerprint density at radius 2 is 1.53 bits per heavy atom. The summed E-state index contributed by atoms with van der Waals surface area (Å²) in [7, 11) is 0. The molecule has 3 aromatic carbocycles. The number of carbonyl (C=O) groups excluding carboxylic acids is 1. The van der Waals surface area contributed by atoms with Gasteiger partial charge in [-0.1, -0.05) is 53.5 Å². The molecule has 148 valence electrons. The van der Waals surface area contributed by atoms with Crippen molar-refractivity contribution in [1.29, 1.82) is 0 Å². The number of nitrogens with one attached hydrogen (secondary N) is 2. The highest BCUT2D eigenvalue weighted by Gasteiger charge is 2.11. The molecule has 5 nitrogen and oxygen atoms in total. The van der Waals surface area contributed by atoms with E-state index >= 15 is 0 Å². The standard InChI is InChI=1S/C23H16Cl2N4O/c24-16-6-11-19(20(25)12-16)23(30)29-18-9-7-17(8-10-18)28-22-13-21(26-14-27-22)15-4-2-1-3-5-15/h1-14H,(H,29,30)(H,26,27,28). The topological polar surface area (TPSA) is 66.9 Å². The summed E-state index contributed by atoms with van der Waals surface area (Å²) in [5.41, 5.74) is 3.68. The Labute approximate surface area is 183 Å². The van der Waals surface area contributed by atoms with Crippen LogP contribution < -0.4 is 10.6 Å². The van der Waals surface area contributed by atoms with Gasteiger partial charge in [-0.2, -0.15) is 0 Å². The van der Waals surface area contributed by atoms with E-state index in [1.54, 1.807) is 24.3 Å². The monoisotopic (exact) mass is 434 g/mol. The molecule has 4 rings (SSSR count). The number of rotatable bonds is 5. The number of carbonyl (C=O) groups is 1. The lowest BCUT2D eigenvalue weighted by atomic mass is 10.1. The van der Waals surface area contributed by atoms with Crippen molar-refractivity contribution in [3.63, 3.8) is 0 Å². The first-order valence-corrected chi connectivity index (χ1v) is 9.85. The number of hydrogen-bond acceptors (Lipinski definition) is 4. The third-order valence-corrected chi connectivity index (χ3v) is 4.88. The molecule has 0 unspecified atom stereocenters. The Morgan fingerprint density at radius 3 is 2.27 bits per heavy atom. The van der Waals surface area contributed by atoms with Gasteiger partial charge in [0.05, 0.1) is 16.3 Å². The van der Waals surface area contributed by atoms with E-state index in [1.165, 1.54) is 12.4 Å². The highest BCUT2D eigenvalue weighted by molar-refractivity contribution is 6.37. The van der Waals surface area contributed by atoms with E-state index in [1.807, 2.05) is 48.5 Å². The highest BCUT2D eigenvalue weighted by atomic mass is 35.5. The fourth-order valence-corrected chi connectivity index (χ4v) is 3.34. The zero-order valence-electron chi connectivity index (χ0n) is 15.6. The lowest BCUT2D eigenvalue weighted by Gasteiger charge is -2.10. The average molecular weight is 435 g/mol. The number of nitrogens with zero attached hydrogens (tertiary/aromatic N) is 2. The molecule has 0 saturated heterocycles. The van der Waals surface area contributed by atoms with Crippen LogP contribution in [0.4, 0.5) is 17.2 Å². The maximum absolute atomic E-state index is 12.4. The summed E-state index contributed by atoms with van der Waals surface area (Å²) >= 11 is 12.0. The van der Waals surface area contributed by atoms with E-state index in [0.717, 1.165) is 16.9 Å². The van der Waals surface area contributed by atoms with E-state index in [2.05, 4.69) is 20.6 Å². The summed E-state index contributed by atoms with van der Waals surface area (Å²) in [5, 5.41) is 6.84. The minimum atomic E-state index is -0.305. The Hall–Kier alpha value is -3.41. The minimum Gasteiger partial charge on any atom is -0.340 e. The molecule has 0 bridgehead atoms. The van der Waals surface area contributed by atoms with Gasteiger partial charge in [0.15, 0.2) is 0 Å². The molecule has 0 aliphatic heterocycles. The van der Waals surface area contributed by atoms with Crippen LogP contribution in [0.25, 0.3) is 11.3 Å². The molecule has 7 heteroatoms. The largest absolute Gasteiger partial charge is 0.340 e. The second-order valence-electron chi connectivity index (χ2n) is 6.44. The van der Waals surface area contributed by atoms with Crippen LogP contribution in [0.15, 0.2) is 85.2 Å². The molecule has 0 spiro atoms. The molecule has 30 heavy (non-hydrogen) atoms. The smallest absolute Gasteiger partial charge is 0.257 e. The molecule has 2 N–H and O–H groups in total. The second kappa shape index (κ2) is 8.95. The molecule has 0 aliphatic carbocycles. The van der Waals surface area contributed by atoms with Gasteiger partial charge in [-0.3, -0.25) is 4.79 Å². The van der Waals surface area contributed by atoms with Crippen molar-refractivity contribution in [3.05, 3.63) is 101 Å². The van der Waals surface area contributed by atoms with Crippen LogP contribution in [-0.2, 0) is 0 Å². The van der Waals surface area contributed by atoms with E-state index in [0.29, 0.717) is 27.1 Å². The lowest BCUT2D eigenvalue weighted by Crippen LogP contribution is -2.12. The summed E-state index contributed by atoms with van der Waals surface area (Å²) in [5.74, 6) is 0.370. The van der Waals surface area contributed by atoms with Crippen molar-refractivity contribution in [2.75, 3.05) is 10.6 Å². The summed E-state index contributed by atoms with van der Waals surface area (Å²) in [4.78, 5) is 21.0. The van der Waals surface area contributed by atoms with Crippen LogP contribution >= 0.6 is 23.2 Å². The van der Waals surface area contributed by atoms with Crippen molar-refractivity contribution in [2.24, 2.45) is 0 Å². The summed E-state index contributed by atoms with van der Waals surface area (Å²) in [6.07, 6.45) is 1.52. The maximum atomic E-state index is 12.4. The fraction of sp³-hybridized carbons (Fsp3) is 0. The zero-order valence-corrected chi connectivity index (χ0v) is 17.2. The second-order valence-corrected chi connectivity index (χ2v) is 7.28. The molecule has 1 aromatic heterocycles. The Kier molecular flexibility index (Phi) is 5.93. The maximum Gasteiger partial charge on any atom is 0.257 e. The van der Waals surface area contributed by atoms with Crippen LogP contribution in [-0.4, -0.2) is 15.9 Å². The van der Waals surface area contributed by atoms with Gasteiger partial charge in [0, 0.05) is 28.0 Å². The minimum absolute atomic E-state index is 0.302.